The number of nitrogens with one attached hydrogen (secondary N) is 1. The third-order valence-electron chi connectivity index (χ3n) is 3.72. The molecule has 1 saturated heterocycles. The third-order valence-corrected chi connectivity index (χ3v) is 3.72. The lowest BCUT2D eigenvalue weighted by Crippen LogP contribution is -2.50. The van der Waals surface area contributed by atoms with Gasteiger partial charge in [0.1, 0.15) is 0 Å². The van der Waals surface area contributed by atoms with Gasteiger partial charge in [0.2, 0.25) is 0 Å². The number of carbonyl (C=O) groups is 1. The number of carbonyl (C=O) groups excluding carboxylic acids is 1. The molecule has 1 aliphatic rings. The fourth-order valence-corrected chi connectivity index (χ4v) is 2.76. The van der Waals surface area contributed by atoms with Crippen LogP contribution in [0.3, 0.4) is 0 Å². The largest absolute Gasteiger partial charge is 0.380 e. The first-order valence-corrected chi connectivity index (χ1v) is 7.83. The van der Waals surface area contributed by atoms with E-state index in [9.17, 15) is 4.79 Å². The van der Waals surface area contributed by atoms with Gasteiger partial charge in [-0.2, -0.15) is 0 Å². The molecule has 0 unspecified atom stereocenters. The van der Waals surface area contributed by atoms with Crippen LogP contribution in [0.2, 0.25) is 0 Å². The summed E-state index contributed by atoms with van der Waals surface area (Å²) in [5.74, 6) is 0.534. The average Bonchev–Trinajstić information content (AvgIpc) is 2.48. The van der Waals surface area contributed by atoms with Crippen molar-refractivity contribution < 1.29 is 14.3 Å². The molecular formula is C17H26N2O3. The van der Waals surface area contributed by atoms with Gasteiger partial charge >= 0.3 is 6.03 Å². The molecule has 1 N–H and O–H groups in total. The molecule has 1 aromatic carbocycles. The van der Waals surface area contributed by atoms with Crippen molar-refractivity contribution in [2.75, 3.05) is 32.2 Å². The third kappa shape index (κ3) is 4.71. The summed E-state index contributed by atoms with van der Waals surface area (Å²) in [6.07, 6.45) is 0.955. The van der Waals surface area contributed by atoms with Crippen LogP contribution in [-0.2, 0) is 16.1 Å². The Hall–Kier alpha value is -1.59. The lowest BCUT2D eigenvalue weighted by Gasteiger charge is -2.36. The maximum atomic E-state index is 12.6. The van der Waals surface area contributed by atoms with Crippen LogP contribution in [0.1, 0.15) is 25.8 Å². The highest BCUT2D eigenvalue weighted by Gasteiger charge is 2.27. The first-order chi connectivity index (χ1) is 10.6. The topological polar surface area (TPSA) is 50.8 Å². The summed E-state index contributed by atoms with van der Waals surface area (Å²) < 4.78 is 10.7. The van der Waals surface area contributed by atoms with Crippen LogP contribution in [0.15, 0.2) is 24.3 Å². The number of anilines is 1. The lowest BCUT2D eigenvalue weighted by molar-refractivity contribution is 0.00857. The Kier molecular flexibility index (Phi) is 6.21. The number of urea groups is 1. The molecule has 0 aromatic heterocycles. The van der Waals surface area contributed by atoms with Crippen molar-refractivity contribution in [3.63, 3.8) is 0 Å². The highest BCUT2D eigenvalue weighted by atomic mass is 16.5. The van der Waals surface area contributed by atoms with Gasteiger partial charge in [-0.05, 0) is 30.0 Å². The van der Waals surface area contributed by atoms with Gasteiger partial charge in [0.15, 0.2) is 0 Å². The van der Waals surface area contributed by atoms with Gasteiger partial charge in [-0.1, -0.05) is 26.0 Å². The van der Waals surface area contributed by atoms with Crippen LogP contribution in [-0.4, -0.2) is 43.8 Å². The number of rotatable bonds is 5. The zero-order valence-electron chi connectivity index (χ0n) is 13.7. The van der Waals surface area contributed by atoms with Gasteiger partial charge in [0.25, 0.3) is 0 Å². The molecule has 1 aliphatic heterocycles. The number of hydrogen-bond acceptors (Lipinski definition) is 3. The number of nitrogens with zero attached hydrogens (tertiary/aromatic N) is 1. The zero-order chi connectivity index (χ0) is 15.9. The van der Waals surface area contributed by atoms with Crippen LogP contribution >= 0.6 is 0 Å². The summed E-state index contributed by atoms with van der Waals surface area (Å²) in [4.78, 5) is 14.5. The van der Waals surface area contributed by atoms with Gasteiger partial charge in [-0.25, -0.2) is 4.79 Å². The zero-order valence-corrected chi connectivity index (χ0v) is 13.7. The first-order valence-electron chi connectivity index (χ1n) is 7.83. The molecule has 122 valence electrons. The number of methoxy groups -OCH3 is 1. The summed E-state index contributed by atoms with van der Waals surface area (Å²) >= 11 is 0. The van der Waals surface area contributed by atoms with E-state index in [4.69, 9.17) is 9.47 Å². The number of amides is 2. The summed E-state index contributed by atoms with van der Waals surface area (Å²) in [5, 5.41) is 2.99. The summed E-state index contributed by atoms with van der Waals surface area (Å²) in [5.41, 5.74) is 1.84. The van der Waals surface area contributed by atoms with Crippen molar-refractivity contribution >= 4 is 11.7 Å². The van der Waals surface area contributed by atoms with Gasteiger partial charge in [-0.3, -0.25) is 0 Å². The molecule has 0 saturated carbocycles. The van der Waals surface area contributed by atoms with E-state index >= 15 is 0 Å². The predicted octanol–water partition coefficient (Wildman–Crippen LogP) is 3.11. The minimum absolute atomic E-state index is 0.0523. The van der Waals surface area contributed by atoms with Crippen molar-refractivity contribution in [1.29, 1.82) is 0 Å². The Morgan fingerprint density at radius 2 is 2.32 bits per heavy atom. The number of ether oxygens (including phenoxy) is 2. The SMILES string of the molecule is COCc1cccc(NC(=O)N2CCOC[C@@H]2CC(C)C)c1. The normalized spacial score (nSPS) is 18.5. The predicted molar refractivity (Wildman–Crippen MR) is 86.9 cm³/mol. The first kappa shape index (κ1) is 16.8. The second-order valence-electron chi connectivity index (χ2n) is 6.12. The Morgan fingerprint density at radius 1 is 1.50 bits per heavy atom. The molecule has 5 nitrogen and oxygen atoms in total. The van der Waals surface area contributed by atoms with Crippen molar-refractivity contribution in [3.8, 4) is 0 Å². The minimum atomic E-state index is -0.0523. The molecule has 1 atom stereocenters. The van der Waals surface area contributed by atoms with E-state index in [1.54, 1.807) is 7.11 Å². The quantitative estimate of drug-likeness (QED) is 0.909. The lowest BCUT2D eigenvalue weighted by atomic mass is 10.0. The molecule has 0 bridgehead atoms. The Balaban J connectivity index is 2.01. The maximum Gasteiger partial charge on any atom is 0.322 e. The second-order valence-corrected chi connectivity index (χ2v) is 6.12. The van der Waals surface area contributed by atoms with Crippen LogP contribution in [0.4, 0.5) is 10.5 Å². The van der Waals surface area contributed by atoms with Crippen LogP contribution in [0.25, 0.3) is 0 Å². The number of hydrogen-bond donors (Lipinski definition) is 1. The summed E-state index contributed by atoms with van der Waals surface area (Å²) in [6, 6.07) is 7.85. The number of benzene rings is 1. The van der Waals surface area contributed by atoms with Gasteiger partial charge < -0.3 is 19.7 Å². The van der Waals surface area contributed by atoms with Crippen molar-refractivity contribution in [3.05, 3.63) is 29.8 Å². The van der Waals surface area contributed by atoms with Crippen molar-refractivity contribution in [2.45, 2.75) is 32.9 Å². The maximum absolute atomic E-state index is 12.6. The van der Waals surface area contributed by atoms with Crippen LogP contribution in [0.5, 0.6) is 0 Å². The molecule has 0 aliphatic carbocycles. The van der Waals surface area contributed by atoms with E-state index in [-0.39, 0.29) is 12.1 Å². The fraction of sp³-hybridized carbons (Fsp3) is 0.588. The molecule has 0 spiro atoms. The molecule has 1 fully saturated rings. The number of morpholine rings is 1. The summed E-state index contributed by atoms with van der Waals surface area (Å²) in [6.45, 7) is 6.73. The molecule has 0 radical (unpaired) electrons. The molecule has 2 amide bonds. The van der Waals surface area contributed by atoms with Gasteiger partial charge in [0, 0.05) is 19.3 Å². The minimum Gasteiger partial charge on any atom is -0.380 e. The molecule has 2 rings (SSSR count). The average molecular weight is 306 g/mol. The Bertz CT molecular complexity index is 491. The summed E-state index contributed by atoms with van der Waals surface area (Å²) in [7, 11) is 1.66. The van der Waals surface area contributed by atoms with Gasteiger partial charge in [0.05, 0.1) is 25.9 Å². The fourth-order valence-electron chi connectivity index (χ4n) is 2.76. The van der Waals surface area contributed by atoms with Crippen molar-refractivity contribution in [2.24, 2.45) is 5.92 Å². The van der Waals surface area contributed by atoms with Gasteiger partial charge in [-0.15, -0.1) is 0 Å². The molecular weight excluding hydrogens is 280 g/mol. The smallest absolute Gasteiger partial charge is 0.322 e. The van der Waals surface area contributed by atoms with E-state index in [0.717, 1.165) is 17.7 Å². The van der Waals surface area contributed by atoms with E-state index in [2.05, 4.69) is 19.2 Å². The van der Waals surface area contributed by atoms with E-state index < -0.39 is 0 Å². The molecule has 1 heterocycles. The Labute approximate surface area is 132 Å². The van der Waals surface area contributed by atoms with E-state index in [1.165, 1.54) is 0 Å². The standard InChI is InChI=1S/C17H26N2O3/c1-13(2)9-16-12-22-8-7-19(16)17(20)18-15-6-4-5-14(10-15)11-21-3/h4-6,10,13,16H,7-9,11-12H2,1-3H3,(H,18,20)/t16-/m0/s1. The second kappa shape index (κ2) is 8.15. The monoisotopic (exact) mass is 306 g/mol. The van der Waals surface area contributed by atoms with Crippen LogP contribution < -0.4 is 5.32 Å². The van der Waals surface area contributed by atoms with Crippen LogP contribution in [0, 0.1) is 5.92 Å². The molecule has 22 heavy (non-hydrogen) atoms. The molecule has 1 aromatic rings. The molecule has 5 heteroatoms. The highest BCUT2D eigenvalue weighted by molar-refractivity contribution is 5.89. The van der Waals surface area contributed by atoms with E-state index in [0.29, 0.717) is 32.3 Å². The highest BCUT2D eigenvalue weighted by Crippen LogP contribution is 2.18. The van der Waals surface area contributed by atoms with E-state index in [1.807, 2.05) is 29.2 Å². The van der Waals surface area contributed by atoms with Crippen molar-refractivity contribution in [1.82, 2.24) is 4.90 Å². The Morgan fingerprint density at radius 3 is 3.05 bits per heavy atom.